The van der Waals surface area contributed by atoms with Crippen LogP contribution in [0.1, 0.15) is 18.9 Å². The lowest BCUT2D eigenvalue weighted by atomic mass is 10.3. The third kappa shape index (κ3) is 5.66. The van der Waals surface area contributed by atoms with Crippen molar-refractivity contribution in [2.24, 2.45) is 0 Å². The van der Waals surface area contributed by atoms with Crippen molar-refractivity contribution >= 4 is 29.3 Å². The molecule has 0 bridgehead atoms. The maximum Gasteiger partial charge on any atom is 0.126 e. The second-order valence-corrected chi connectivity index (χ2v) is 5.72. The van der Waals surface area contributed by atoms with Crippen molar-refractivity contribution in [1.82, 2.24) is 4.98 Å². The van der Waals surface area contributed by atoms with Crippen LogP contribution in [0.25, 0.3) is 0 Å². The smallest absolute Gasteiger partial charge is 0.126 e. The highest BCUT2D eigenvalue weighted by molar-refractivity contribution is 7.99. The Morgan fingerprint density at radius 2 is 2.31 bits per heavy atom. The van der Waals surface area contributed by atoms with Gasteiger partial charge in [-0.05, 0) is 41.9 Å². The van der Waals surface area contributed by atoms with Crippen molar-refractivity contribution in [2.45, 2.75) is 19.1 Å². The monoisotopic (exact) mass is 256 g/mol. The Labute approximate surface area is 107 Å². The number of hydrogen-bond acceptors (Lipinski definition) is 4. The molecule has 90 valence electrons. The van der Waals surface area contributed by atoms with Gasteiger partial charge < -0.3 is 5.32 Å². The zero-order valence-corrected chi connectivity index (χ0v) is 11.7. The summed E-state index contributed by atoms with van der Waals surface area (Å²) in [6, 6.07) is 4.22. The van der Waals surface area contributed by atoms with Crippen molar-refractivity contribution in [3.63, 3.8) is 0 Å². The molecule has 0 radical (unpaired) electrons. The minimum absolute atomic E-state index is 1.01. The van der Waals surface area contributed by atoms with Gasteiger partial charge in [0.2, 0.25) is 0 Å². The first kappa shape index (κ1) is 13.7. The van der Waals surface area contributed by atoms with Gasteiger partial charge in [-0.2, -0.15) is 23.5 Å². The molecule has 0 fully saturated rings. The number of pyridine rings is 1. The summed E-state index contributed by atoms with van der Waals surface area (Å²) in [5.41, 5.74) is 1.34. The van der Waals surface area contributed by atoms with Gasteiger partial charge in [0.05, 0.1) is 0 Å². The Kier molecular flexibility index (Phi) is 7.51. The lowest BCUT2D eigenvalue weighted by Gasteiger charge is -2.06. The van der Waals surface area contributed by atoms with Crippen LogP contribution in [0.15, 0.2) is 18.3 Å². The molecule has 4 heteroatoms. The van der Waals surface area contributed by atoms with E-state index in [4.69, 9.17) is 0 Å². The Morgan fingerprint density at radius 1 is 1.44 bits per heavy atom. The zero-order valence-electron chi connectivity index (χ0n) is 10.0. The predicted octanol–water partition coefficient (Wildman–Crippen LogP) is 3.50. The highest BCUT2D eigenvalue weighted by Gasteiger charge is 1.96. The summed E-state index contributed by atoms with van der Waals surface area (Å²) in [7, 11) is 0. The van der Waals surface area contributed by atoms with Crippen LogP contribution in [0.3, 0.4) is 0 Å². The second kappa shape index (κ2) is 8.76. The molecule has 1 aromatic heterocycles. The Balaban J connectivity index is 2.27. The van der Waals surface area contributed by atoms with Gasteiger partial charge in [-0.25, -0.2) is 4.98 Å². The molecule has 0 aliphatic carbocycles. The van der Waals surface area contributed by atoms with Gasteiger partial charge in [0, 0.05) is 18.5 Å². The fraction of sp³-hybridized carbons (Fsp3) is 0.583. The van der Waals surface area contributed by atoms with Crippen LogP contribution in [0, 0.1) is 0 Å². The summed E-state index contributed by atoms with van der Waals surface area (Å²) in [5, 5.41) is 3.37. The third-order valence-corrected chi connectivity index (χ3v) is 3.72. The molecule has 0 aliphatic heterocycles. The average Bonchev–Trinajstić information content (AvgIpc) is 2.30. The van der Waals surface area contributed by atoms with Crippen molar-refractivity contribution in [3.05, 3.63) is 23.9 Å². The van der Waals surface area contributed by atoms with Crippen LogP contribution in [0.5, 0.6) is 0 Å². The normalized spacial score (nSPS) is 10.4. The van der Waals surface area contributed by atoms with E-state index in [1.54, 1.807) is 0 Å². The molecule has 16 heavy (non-hydrogen) atoms. The number of rotatable bonds is 8. The van der Waals surface area contributed by atoms with Crippen molar-refractivity contribution in [2.75, 3.05) is 29.6 Å². The van der Waals surface area contributed by atoms with Crippen LogP contribution < -0.4 is 5.32 Å². The molecule has 0 atom stereocenters. The van der Waals surface area contributed by atoms with Crippen molar-refractivity contribution < 1.29 is 0 Å². The lowest BCUT2D eigenvalue weighted by Crippen LogP contribution is -2.04. The number of aromatic nitrogens is 1. The molecule has 0 amide bonds. The van der Waals surface area contributed by atoms with Crippen molar-refractivity contribution in [1.29, 1.82) is 0 Å². The van der Waals surface area contributed by atoms with Gasteiger partial charge in [0.25, 0.3) is 0 Å². The van der Waals surface area contributed by atoms with Crippen LogP contribution in [0.4, 0.5) is 5.82 Å². The van der Waals surface area contributed by atoms with Crippen LogP contribution in [0.2, 0.25) is 0 Å². The molecule has 2 nitrogen and oxygen atoms in total. The van der Waals surface area contributed by atoms with E-state index in [1.165, 1.54) is 23.5 Å². The van der Waals surface area contributed by atoms with Gasteiger partial charge in [-0.1, -0.05) is 6.92 Å². The van der Waals surface area contributed by atoms with E-state index in [9.17, 15) is 0 Å². The zero-order chi connectivity index (χ0) is 11.6. The first-order valence-corrected chi connectivity index (χ1v) is 8.17. The third-order valence-electron chi connectivity index (χ3n) is 2.11. The largest absolute Gasteiger partial charge is 0.370 e. The van der Waals surface area contributed by atoms with E-state index >= 15 is 0 Å². The van der Waals surface area contributed by atoms with E-state index in [2.05, 4.69) is 35.6 Å². The summed E-state index contributed by atoms with van der Waals surface area (Å²) in [5.74, 6) is 4.51. The van der Waals surface area contributed by atoms with Gasteiger partial charge in [0.15, 0.2) is 0 Å². The summed E-state index contributed by atoms with van der Waals surface area (Å²) in [6.45, 7) is 3.22. The van der Waals surface area contributed by atoms with E-state index in [0.29, 0.717) is 0 Å². The van der Waals surface area contributed by atoms with E-state index in [-0.39, 0.29) is 0 Å². The highest BCUT2D eigenvalue weighted by atomic mass is 32.2. The molecule has 0 aliphatic rings. The number of thioether (sulfide) groups is 2. The van der Waals surface area contributed by atoms with E-state index < -0.39 is 0 Å². The molecule has 1 aromatic rings. The van der Waals surface area contributed by atoms with E-state index in [1.807, 2.05) is 29.7 Å². The number of anilines is 1. The molecule has 1 rings (SSSR count). The van der Waals surface area contributed by atoms with E-state index in [0.717, 1.165) is 18.1 Å². The summed E-state index contributed by atoms with van der Waals surface area (Å²) >= 11 is 3.83. The SMILES string of the molecule is CCSCCCNc1cc(CSC)ccn1. The van der Waals surface area contributed by atoms with Gasteiger partial charge in [-0.15, -0.1) is 0 Å². The molecule has 1 heterocycles. The van der Waals surface area contributed by atoms with Crippen molar-refractivity contribution in [3.8, 4) is 0 Å². The Hall–Kier alpha value is -0.350. The van der Waals surface area contributed by atoms with Gasteiger partial charge >= 0.3 is 0 Å². The number of nitrogens with zero attached hydrogens (tertiary/aromatic N) is 1. The average molecular weight is 256 g/mol. The maximum absolute atomic E-state index is 4.31. The van der Waals surface area contributed by atoms with Crippen LogP contribution in [-0.4, -0.2) is 29.3 Å². The van der Waals surface area contributed by atoms with Crippen LogP contribution >= 0.6 is 23.5 Å². The summed E-state index contributed by atoms with van der Waals surface area (Å²) in [6.07, 6.45) is 5.21. The Bertz CT molecular complexity index is 292. The molecular weight excluding hydrogens is 236 g/mol. The van der Waals surface area contributed by atoms with Gasteiger partial charge in [-0.3, -0.25) is 0 Å². The maximum atomic E-state index is 4.31. The summed E-state index contributed by atoms with van der Waals surface area (Å²) in [4.78, 5) is 4.31. The molecule has 0 saturated carbocycles. The predicted molar refractivity (Wildman–Crippen MR) is 77.6 cm³/mol. The minimum Gasteiger partial charge on any atom is -0.370 e. The molecular formula is C12H20N2S2. The second-order valence-electron chi connectivity index (χ2n) is 3.46. The molecule has 0 spiro atoms. The Morgan fingerprint density at radius 3 is 3.06 bits per heavy atom. The number of nitrogens with one attached hydrogen (secondary N) is 1. The highest BCUT2D eigenvalue weighted by Crippen LogP contribution is 2.12. The molecule has 0 aromatic carbocycles. The quantitative estimate of drug-likeness (QED) is 0.720. The first-order chi connectivity index (χ1) is 7.86. The lowest BCUT2D eigenvalue weighted by molar-refractivity contribution is 0.979. The topological polar surface area (TPSA) is 24.9 Å². The first-order valence-electron chi connectivity index (χ1n) is 5.62. The molecule has 0 unspecified atom stereocenters. The number of hydrogen-bond donors (Lipinski definition) is 1. The fourth-order valence-electron chi connectivity index (χ4n) is 1.36. The minimum atomic E-state index is 1.01. The fourth-order valence-corrected chi connectivity index (χ4v) is 2.51. The standard InChI is InChI=1S/C12H20N2S2/c1-3-16-8-4-6-13-12-9-11(10-15-2)5-7-14-12/h5,7,9H,3-4,6,8,10H2,1-2H3,(H,13,14). The molecule has 0 saturated heterocycles. The van der Waals surface area contributed by atoms with Gasteiger partial charge in [0.1, 0.15) is 5.82 Å². The molecule has 1 N–H and O–H groups in total. The van der Waals surface area contributed by atoms with Crippen LogP contribution in [-0.2, 0) is 5.75 Å². The summed E-state index contributed by atoms with van der Waals surface area (Å²) < 4.78 is 0.